The first kappa shape index (κ1) is 8.89. The minimum absolute atomic E-state index is 0.0237. The minimum Gasteiger partial charge on any atom is -0.493 e. The molecule has 2 heteroatoms. The quantitative estimate of drug-likeness (QED) is 0.578. The zero-order valence-electron chi connectivity index (χ0n) is 7.88. The lowest BCUT2D eigenvalue weighted by Gasteiger charge is -2.35. The van der Waals surface area contributed by atoms with Gasteiger partial charge in [0.15, 0.2) is 0 Å². The molecule has 0 radical (unpaired) electrons. The summed E-state index contributed by atoms with van der Waals surface area (Å²) < 4.78 is 5.62. The first-order valence-electron chi connectivity index (χ1n) is 4.47. The average Bonchev–Trinajstić information content (AvgIpc) is 2.13. The Morgan fingerprint density at radius 2 is 2.08 bits per heavy atom. The zero-order chi connectivity index (χ0) is 9.47. The molecule has 1 aliphatic heterocycles. The predicted molar refractivity (Wildman–Crippen MR) is 54.3 cm³/mol. The Kier molecular flexibility index (Phi) is 1.99. The second-order valence-electron chi connectivity index (χ2n) is 4.18. The van der Waals surface area contributed by atoms with Crippen LogP contribution in [0.1, 0.15) is 24.8 Å². The average molecular weight is 197 g/mol. The Labute approximate surface area is 83.7 Å². The molecule has 1 aromatic carbocycles. The van der Waals surface area contributed by atoms with E-state index in [1.165, 1.54) is 0 Å². The Morgan fingerprint density at radius 3 is 2.85 bits per heavy atom. The monoisotopic (exact) mass is 196 g/mol. The van der Waals surface area contributed by atoms with Crippen molar-refractivity contribution in [3.05, 3.63) is 29.8 Å². The molecule has 0 bridgehead atoms. The fraction of sp³-hybridized carbons (Fsp3) is 0.455. The van der Waals surface area contributed by atoms with E-state index in [1.807, 2.05) is 24.3 Å². The lowest BCUT2D eigenvalue weighted by molar-refractivity contribution is 0.149. The van der Waals surface area contributed by atoms with Crippen LogP contribution in [0.25, 0.3) is 0 Å². The van der Waals surface area contributed by atoms with Gasteiger partial charge in [-0.1, -0.05) is 32.0 Å². The summed E-state index contributed by atoms with van der Waals surface area (Å²) in [6.45, 7) is 4.94. The van der Waals surface area contributed by atoms with Crippen LogP contribution in [0.3, 0.4) is 0 Å². The van der Waals surface area contributed by atoms with Crippen molar-refractivity contribution in [1.29, 1.82) is 0 Å². The molecule has 1 aromatic rings. The van der Waals surface area contributed by atoms with Crippen LogP contribution in [0.4, 0.5) is 0 Å². The SMILES string of the molecule is CC1(C)COc2ccccc2[C@@H]1Cl. The summed E-state index contributed by atoms with van der Waals surface area (Å²) in [5.41, 5.74) is 1.14. The summed E-state index contributed by atoms with van der Waals surface area (Å²) in [7, 11) is 0. The predicted octanol–water partition coefficient (Wildman–Crippen LogP) is 3.39. The zero-order valence-corrected chi connectivity index (χ0v) is 8.64. The Balaban J connectivity index is 2.45. The molecule has 0 N–H and O–H groups in total. The lowest BCUT2D eigenvalue weighted by Crippen LogP contribution is -2.30. The number of rotatable bonds is 0. The second-order valence-corrected chi connectivity index (χ2v) is 4.61. The third-order valence-corrected chi connectivity index (χ3v) is 3.30. The molecule has 0 spiro atoms. The maximum absolute atomic E-state index is 6.36. The van der Waals surface area contributed by atoms with E-state index in [1.54, 1.807) is 0 Å². The van der Waals surface area contributed by atoms with Crippen molar-refractivity contribution in [3.63, 3.8) is 0 Å². The Bertz CT molecular complexity index is 320. The number of alkyl halides is 1. The summed E-state index contributed by atoms with van der Waals surface area (Å²) in [6.07, 6.45) is 0. The minimum atomic E-state index is 0.0237. The van der Waals surface area contributed by atoms with Crippen molar-refractivity contribution in [3.8, 4) is 5.75 Å². The van der Waals surface area contributed by atoms with Crippen LogP contribution < -0.4 is 4.74 Å². The summed E-state index contributed by atoms with van der Waals surface area (Å²) in [4.78, 5) is 0. The van der Waals surface area contributed by atoms with Crippen LogP contribution in [-0.2, 0) is 0 Å². The van der Waals surface area contributed by atoms with Crippen LogP contribution in [-0.4, -0.2) is 6.61 Å². The summed E-state index contributed by atoms with van der Waals surface area (Å²) in [6, 6.07) is 7.98. The maximum Gasteiger partial charge on any atom is 0.124 e. The third-order valence-electron chi connectivity index (χ3n) is 2.48. The van der Waals surface area contributed by atoms with Crippen LogP contribution in [0.2, 0.25) is 0 Å². The maximum atomic E-state index is 6.36. The van der Waals surface area contributed by atoms with Crippen molar-refractivity contribution in [2.75, 3.05) is 6.61 Å². The molecule has 1 nitrogen and oxygen atoms in total. The Morgan fingerprint density at radius 1 is 1.38 bits per heavy atom. The molecular formula is C11H13ClO. The number of para-hydroxylation sites is 1. The second kappa shape index (κ2) is 2.91. The van der Waals surface area contributed by atoms with Gasteiger partial charge in [-0.15, -0.1) is 11.6 Å². The molecule has 0 saturated heterocycles. The van der Waals surface area contributed by atoms with Gasteiger partial charge in [-0.3, -0.25) is 0 Å². The highest BCUT2D eigenvalue weighted by atomic mass is 35.5. The van der Waals surface area contributed by atoms with E-state index in [2.05, 4.69) is 13.8 Å². The van der Waals surface area contributed by atoms with E-state index in [9.17, 15) is 0 Å². The number of halogens is 1. The van der Waals surface area contributed by atoms with Crippen LogP contribution in [0, 0.1) is 5.41 Å². The molecule has 1 atom stereocenters. The fourth-order valence-corrected chi connectivity index (χ4v) is 1.82. The molecule has 0 amide bonds. The van der Waals surface area contributed by atoms with E-state index in [0.717, 1.165) is 11.3 Å². The highest BCUT2D eigenvalue weighted by molar-refractivity contribution is 6.21. The van der Waals surface area contributed by atoms with E-state index in [-0.39, 0.29) is 10.8 Å². The number of hydrogen-bond acceptors (Lipinski definition) is 1. The smallest absolute Gasteiger partial charge is 0.124 e. The van der Waals surface area contributed by atoms with Crippen molar-refractivity contribution >= 4 is 11.6 Å². The van der Waals surface area contributed by atoms with Crippen molar-refractivity contribution < 1.29 is 4.74 Å². The normalized spacial score (nSPS) is 24.7. The van der Waals surface area contributed by atoms with Gasteiger partial charge in [-0.05, 0) is 6.07 Å². The van der Waals surface area contributed by atoms with Crippen molar-refractivity contribution in [2.45, 2.75) is 19.2 Å². The van der Waals surface area contributed by atoms with Gasteiger partial charge in [-0.25, -0.2) is 0 Å². The van der Waals surface area contributed by atoms with E-state index < -0.39 is 0 Å². The van der Waals surface area contributed by atoms with Gasteiger partial charge in [0.1, 0.15) is 5.75 Å². The van der Waals surface area contributed by atoms with Crippen molar-refractivity contribution in [1.82, 2.24) is 0 Å². The molecule has 0 aliphatic carbocycles. The molecule has 0 unspecified atom stereocenters. The molecular weight excluding hydrogens is 184 g/mol. The van der Waals surface area contributed by atoms with Gasteiger partial charge in [0.25, 0.3) is 0 Å². The van der Waals surface area contributed by atoms with Gasteiger partial charge < -0.3 is 4.74 Å². The highest BCUT2D eigenvalue weighted by Gasteiger charge is 2.35. The molecule has 13 heavy (non-hydrogen) atoms. The number of fused-ring (bicyclic) bond motifs is 1. The fourth-order valence-electron chi connectivity index (χ4n) is 1.58. The topological polar surface area (TPSA) is 9.23 Å². The van der Waals surface area contributed by atoms with Crippen LogP contribution >= 0.6 is 11.6 Å². The van der Waals surface area contributed by atoms with E-state index in [0.29, 0.717) is 6.61 Å². The van der Waals surface area contributed by atoms with Gasteiger partial charge in [0.05, 0.1) is 12.0 Å². The van der Waals surface area contributed by atoms with Gasteiger partial charge >= 0.3 is 0 Å². The largest absolute Gasteiger partial charge is 0.493 e. The van der Waals surface area contributed by atoms with Gasteiger partial charge in [0, 0.05) is 11.0 Å². The van der Waals surface area contributed by atoms with Crippen LogP contribution in [0.15, 0.2) is 24.3 Å². The summed E-state index contributed by atoms with van der Waals surface area (Å²) in [5, 5.41) is 0.0532. The van der Waals surface area contributed by atoms with Crippen molar-refractivity contribution in [2.24, 2.45) is 5.41 Å². The first-order valence-corrected chi connectivity index (χ1v) is 4.91. The number of benzene rings is 1. The van der Waals surface area contributed by atoms with Gasteiger partial charge in [0.2, 0.25) is 0 Å². The summed E-state index contributed by atoms with van der Waals surface area (Å²) >= 11 is 6.36. The number of ether oxygens (including phenoxy) is 1. The van der Waals surface area contributed by atoms with Gasteiger partial charge in [-0.2, -0.15) is 0 Å². The molecule has 0 saturated carbocycles. The number of hydrogen-bond donors (Lipinski definition) is 0. The Hall–Kier alpha value is -0.690. The first-order chi connectivity index (χ1) is 6.11. The molecule has 1 heterocycles. The molecule has 70 valence electrons. The summed E-state index contributed by atoms with van der Waals surface area (Å²) in [5.74, 6) is 0.932. The molecule has 0 fully saturated rings. The van der Waals surface area contributed by atoms with E-state index >= 15 is 0 Å². The lowest BCUT2D eigenvalue weighted by atomic mass is 9.84. The third kappa shape index (κ3) is 1.42. The molecule has 0 aromatic heterocycles. The molecule has 1 aliphatic rings. The molecule has 2 rings (SSSR count). The van der Waals surface area contributed by atoms with E-state index in [4.69, 9.17) is 16.3 Å². The standard InChI is InChI=1S/C11H13ClO/c1-11(2)7-13-9-6-4-3-5-8(9)10(11)12/h3-6,10H,7H2,1-2H3/t10-/m0/s1. The van der Waals surface area contributed by atoms with Crippen LogP contribution in [0.5, 0.6) is 5.75 Å². The highest BCUT2D eigenvalue weighted by Crippen LogP contribution is 2.46.